The van der Waals surface area contributed by atoms with Gasteiger partial charge in [0.2, 0.25) is 35.4 Å². The van der Waals surface area contributed by atoms with Gasteiger partial charge in [-0.3, -0.25) is 28.8 Å². The van der Waals surface area contributed by atoms with Crippen LogP contribution in [0.1, 0.15) is 194 Å². The summed E-state index contributed by atoms with van der Waals surface area (Å²) < 4.78 is 0. The van der Waals surface area contributed by atoms with Gasteiger partial charge >= 0.3 is 0 Å². The van der Waals surface area contributed by atoms with Crippen molar-refractivity contribution in [3.05, 3.63) is 0 Å². The molecule has 0 aliphatic rings. The van der Waals surface area contributed by atoms with Crippen molar-refractivity contribution in [2.75, 3.05) is 26.2 Å². The number of primary amides is 1. The third kappa shape index (κ3) is 31.3. The van der Waals surface area contributed by atoms with E-state index in [0.29, 0.717) is 103 Å². The van der Waals surface area contributed by atoms with Gasteiger partial charge in [-0.05, 0) is 110 Å². The molecule has 15 nitrogen and oxygen atoms in total. The van der Waals surface area contributed by atoms with E-state index >= 15 is 0 Å². The van der Waals surface area contributed by atoms with E-state index in [1.807, 2.05) is 0 Å². The molecule has 0 aromatic carbocycles. The topological polar surface area (TPSA) is 267 Å². The van der Waals surface area contributed by atoms with Gasteiger partial charge in [0.25, 0.3) is 0 Å². The molecule has 0 saturated carbocycles. The van der Waals surface area contributed by atoms with Crippen molar-refractivity contribution in [1.82, 2.24) is 26.6 Å². The molecule has 0 rings (SSSR count). The fourth-order valence-electron chi connectivity index (χ4n) is 6.93. The minimum Gasteiger partial charge on any atom is -0.368 e. The molecule has 0 spiro atoms. The molecule has 0 bridgehead atoms. The van der Waals surface area contributed by atoms with E-state index in [-0.39, 0.29) is 24.7 Å². The second kappa shape index (κ2) is 38.9. The Bertz CT molecular complexity index is 1130. The molecular weight excluding hydrogens is 751 g/mol. The van der Waals surface area contributed by atoms with Gasteiger partial charge in [-0.15, -0.1) is 0 Å². The average Bonchev–Trinajstić information content (AvgIpc) is 3.21. The van der Waals surface area contributed by atoms with Gasteiger partial charge in [0, 0.05) is 19.4 Å². The molecule has 0 unspecified atom stereocenters. The Hall–Kier alpha value is -3.30. The largest absolute Gasteiger partial charge is 0.368 e. The predicted molar refractivity (Wildman–Crippen MR) is 238 cm³/mol. The molecule has 59 heavy (non-hydrogen) atoms. The summed E-state index contributed by atoms with van der Waals surface area (Å²) in [5, 5.41) is 14.3. The lowest BCUT2D eigenvalue weighted by Crippen LogP contribution is -2.58. The van der Waals surface area contributed by atoms with Crippen molar-refractivity contribution in [2.24, 2.45) is 22.9 Å². The summed E-state index contributed by atoms with van der Waals surface area (Å²) in [5.74, 6) is -2.48. The summed E-state index contributed by atoms with van der Waals surface area (Å²) in [6.07, 6.45) is 22.1. The second-order valence-electron chi connectivity index (χ2n) is 16.1. The van der Waals surface area contributed by atoms with Gasteiger partial charge in [0.1, 0.15) is 24.2 Å². The second-order valence-corrected chi connectivity index (χ2v) is 16.1. The van der Waals surface area contributed by atoms with Crippen LogP contribution in [0.4, 0.5) is 0 Å². The van der Waals surface area contributed by atoms with E-state index in [0.717, 1.165) is 44.9 Å². The van der Waals surface area contributed by atoms with Crippen LogP contribution < -0.4 is 49.5 Å². The van der Waals surface area contributed by atoms with Crippen LogP contribution >= 0.6 is 0 Å². The molecule has 0 aromatic heterocycles. The fourth-order valence-corrected chi connectivity index (χ4v) is 6.93. The number of amides is 6. The highest BCUT2D eigenvalue weighted by atomic mass is 16.2. The van der Waals surface area contributed by atoms with E-state index in [9.17, 15) is 28.8 Å². The van der Waals surface area contributed by atoms with Gasteiger partial charge in [-0.25, -0.2) is 0 Å². The first-order chi connectivity index (χ1) is 28.5. The van der Waals surface area contributed by atoms with Crippen LogP contribution in [0.25, 0.3) is 0 Å². The summed E-state index contributed by atoms with van der Waals surface area (Å²) in [6.45, 7) is 6.09. The zero-order chi connectivity index (χ0) is 43.9. The Morgan fingerprint density at radius 3 is 1.14 bits per heavy atom. The Morgan fingerprint density at radius 1 is 0.390 bits per heavy atom. The van der Waals surface area contributed by atoms with E-state index in [1.165, 1.54) is 44.9 Å². The van der Waals surface area contributed by atoms with Crippen molar-refractivity contribution >= 4 is 35.4 Å². The monoisotopic (exact) mass is 838 g/mol. The molecule has 4 atom stereocenters. The van der Waals surface area contributed by atoms with Crippen LogP contribution in [0.2, 0.25) is 0 Å². The summed E-state index contributed by atoms with van der Waals surface area (Å²) in [7, 11) is 0. The predicted octanol–water partition coefficient (Wildman–Crippen LogP) is 4.37. The number of carbonyl (C=O) groups excluding carboxylic acids is 6. The molecule has 0 aliphatic carbocycles. The van der Waals surface area contributed by atoms with Crippen LogP contribution in [0, 0.1) is 0 Å². The first-order valence-corrected chi connectivity index (χ1v) is 23.4. The van der Waals surface area contributed by atoms with E-state index in [1.54, 1.807) is 0 Å². The number of nitrogens with one attached hydrogen (secondary N) is 5. The number of hydrogen-bond acceptors (Lipinski definition) is 9. The molecule has 0 radical (unpaired) electrons. The number of carbonyl (C=O) groups is 6. The SMILES string of the molecule is CCCCCCCCCC(=O)NCCCC[C@H](NC(=O)CCCCCCCCC)C(=O)N[C@@H](CCCCN)C(=O)N[C@@H](CCCCN)C(=O)N[C@@H](CCCCN)C(N)=O. The van der Waals surface area contributed by atoms with Crippen LogP contribution in [0.3, 0.4) is 0 Å². The molecule has 344 valence electrons. The van der Waals surface area contributed by atoms with Gasteiger partial charge in [-0.2, -0.15) is 0 Å². The molecule has 0 saturated heterocycles. The molecular formula is C44H87N9O6. The lowest BCUT2D eigenvalue weighted by atomic mass is 10.0. The summed E-state index contributed by atoms with van der Waals surface area (Å²) in [5.41, 5.74) is 22.6. The highest BCUT2D eigenvalue weighted by Crippen LogP contribution is 2.12. The molecule has 15 heteroatoms. The van der Waals surface area contributed by atoms with Crippen molar-refractivity contribution < 1.29 is 28.8 Å². The quantitative estimate of drug-likeness (QED) is 0.0396. The molecule has 0 aliphatic heterocycles. The van der Waals surface area contributed by atoms with Crippen molar-refractivity contribution in [1.29, 1.82) is 0 Å². The number of rotatable bonds is 41. The average molecular weight is 838 g/mol. The zero-order valence-corrected chi connectivity index (χ0v) is 37.2. The summed E-state index contributed by atoms with van der Waals surface area (Å²) in [6, 6.07) is -3.83. The standard InChI is InChI=1S/C44H87N9O6/c1-3-5-7-9-11-13-15-29-39(54)49-34-24-20-28-36(50-40(55)30-16-14-12-10-8-6-4-2)42(57)52-38(27-19-23-33-47)44(59)53-37(26-18-22-32-46)43(58)51-35(41(48)56)25-17-21-31-45/h35-38H,3-34,45-47H2,1-2H3,(H2,48,56)(H,49,54)(H,50,55)(H,51,58)(H,52,57)(H,53,59)/t35-,36-,37-,38-/m0/s1. The first kappa shape index (κ1) is 55.7. The smallest absolute Gasteiger partial charge is 0.243 e. The summed E-state index contributed by atoms with van der Waals surface area (Å²) >= 11 is 0. The maximum Gasteiger partial charge on any atom is 0.243 e. The molecule has 0 heterocycles. The van der Waals surface area contributed by atoms with Crippen LogP contribution in [0.5, 0.6) is 0 Å². The minimum absolute atomic E-state index is 0.0222. The fraction of sp³-hybridized carbons (Fsp3) is 0.864. The van der Waals surface area contributed by atoms with E-state index in [4.69, 9.17) is 22.9 Å². The molecule has 0 aromatic rings. The molecule has 6 amide bonds. The Morgan fingerprint density at radius 2 is 0.729 bits per heavy atom. The van der Waals surface area contributed by atoms with Gasteiger partial charge in [0.15, 0.2) is 0 Å². The van der Waals surface area contributed by atoms with Crippen LogP contribution in [0.15, 0.2) is 0 Å². The third-order valence-electron chi connectivity index (χ3n) is 10.7. The molecule has 0 fully saturated rings. The highest BCUT2D eigenvalue weighted by Gasteiger charge is 2.30. The third-order valence-corrected chi connectivity index (χ3v) is 10.7. The number of unbranched alkanes of at least 4 members (excludes halogenated alkanes) is 16. The van der Waals surface area contributed by atoms with Crippen LogP contribution in [-0.2, 0) is 28.8 Å². The maximum absolute atomic E-state index is 13.9. The normalized spacial score (nSPS) is 13.2. The van der Waals surface area contributed by atoms with Gasteiger partial charge in [0.05, 0.1) is 0 Å². The highest BCUT2D eigenvalue weighted by molar-refractivity contribution is 5.95. The number of nitrogens with two attached hydrogens (primary N) is 4. The van der Waals surface area contributed by atoms with E-state index < -0.39 is 47.8 Å². The maximum atomic E-state index is 13.9. The zero-order valence-electron chi connectivity index (χ0n) is 37.2. The minimum atomic E-state index is -1.01. The van der Waals surface area contributed by atoms with Gasteiger partial charge < -0.3 is 49.5 Å². The van der Waals surface area contributed by atoms with Crippen molar-refractivity contribution in [3.63, 3.8) is 0 Å². The van der Waals surface area contributed by atoms with Gasteiger partial charge in [-0.1, -0.05) is 90.9 Å². The Balaban J connectivity index is 5.74. The van der Waals surface area contributed by atoms with E-state index in [2.05, 4.69) is 40.4 Å². The number of hydrogen-bond donors (Lipinski definition) is 9. The first-order valence-electron chi connectivity index (χ1n) is 23.4. The van der Waals surface area contributed by atoms with Crippen LogP contribution in [-0.4, -0.2) is 85.8 Å². The Labute approximate surface area is 357 Å². The molecule has 13 N–H and O–H groups in total. The van der Waals surface area contributed by atoms with Crippen molar-refractivity contribution in [3.8, 4) is 0 Å². The summed E-state index contributed by atoms with van der Waals surface area (Å²) in [4.78, 5) is 79.0. The lowest BCUT2D eigenvalue weighted by molar-refractivity contribution is -0.134. The lowest BCUT2D eigenvalue weighted by Gasteiger charge is -2.26. The Kier molecular flexibility index (Phi) is 36.7. The van der Waals surface area contributed by atoms with Crippen molar-refractivity contribution in [2.45, 2.75) is 218 Å².